The number of aromatic amines is 1. The van der Waals surface area contributed by atoms with Gasteiger partial charge in [0, 0.05) is 28.0 Å². The van der Waals surface area contributed by atoms with Gasteiger partial charge in [-0.25, -0.2) is 4.98 Å². The fraction of sp³-hybridized carbons (Fsp3) is 0.174. The Morgan fingerprint density at radius 3 is 2.74 bits per heavy atom. The van der Waals surface area contributed by atoms with Gasteiger partial charge in [0.25, 0.3) is 5.91 Å². The Morgan fingerprint density at radius 2 is 1.87 bits per heavy atom. The molecule has 156 valence electrons. The highest BCUT2D eigenvalue weighted by molar-refractivity contribution is 6.10. The Labute approximate surface area is 177 Å². The van der Waals surface area contributed by atoms with Crippen molar-refractivity contribution in [1.29, 1.82) is 0 Å². The first-order chi connectivity index (χ1) is 15.0. The third kappa shape index (κ3) is 3.42. The lowest BCUT2D eigenvalue weighted by atomic mass is 10.1. The van der Waals surface area contributed by atoms with Gasteiger partial charge in [0.2, 0.25) is 12.7 Å². The molecule has 0 saturated heterocycles. The number of carbonyl (C=O) groups is 2. The van der Waals surface area contributed by atoms with Crippen LogP contribution in [0.15, 0.2) is 48.5 Å². The zero-order chi connectivity index (χ0) is 21.5. The minimum Gasteiger partial charge on any atom is -0.454 e. The van der Waals surface area contributed by atoms with E-state index in [9.17, 15) is 9.59 Å². The van der Waals surface area contributed by atoms with Crippen LogP contribution in [0.1, 0.15) is 23.1 Å². The molecule has 1 atom stereocenters. The third-order valence-electron chi connectivity index (χ3n) is 5.29. The number of benzene rings is 2. The Kier molecular flexibility index (Phi) is 4.47. The van der Waals surface area contributed by atoms with E-state index in [-0.39, 0.29) is 18.4 Å². The summed E-state index contributed by atoms with van der Waals surface area (Å²) in [6.45, 7) is 3.63. The highest BCUT2D eigenvalue weighted by atomic mass is 16.7. The zero-order valence-corrected chi connectivity index (χ0v) is 17.0. The molecule has 1 aliphatic rings. The van der Waals surface area contributed by atoms with Gasteiger partial charge in [-0.3, -0.25) is 9.59 Å². The lowest BCUT2D eigenvalue weighted by molar-refractivity contribution is -0.117. The van der Waals surface area contributed by atoms with Crippen LogP contribution in [0.3, 0.4) is 0 Å². The summed E-state index contributed by atoms with van der Waals surface area (Å²) in [5, 5.41) is 7.44. The molecule has 0 spiro atoms. The predicted molar refractivity (Wildman–Crippen MR) is 116 cm³/mol. The number of para-hydroxylation sites is 1. The maximum absolute atomic E-state index is 12.8. The van der Waals surface area contributed by atoms with Crippen molar-refractivity contribution in [2.24, 2.45) is 0 Å². The van der Waals surface area contributed by atoms with Crippen molar-refractivity contribution in [1.82, 2.24) is 15.3 Å². The van der Waals surface area contributed by atoms with Crippen molar-refractivity contribution in [3.63, 3.8) is 0 Å². The quantitative estimate of drug-likeness (QED) is 0.472. The maximum atomic E-state index is 12.8. The van der Waals surface area contributed by atoms with E-state index < -0.39 is 11.9 Å². The SMILES string of the molecule is Cc1nc(C(=O)NC(C)C(=O)Nc2ccc3c(c2)OCO3)cc2c1[nH]c1ccccc12. The van der Waals surface area contributed by atoms with Crippen LogP contribution >= 0.6 is 0 Å². The molecule has 0 radical (unpaired) electrons. The third-order valence-corrected chi connectivity index (χ3v) is 5.29. The Bertz CT molecular complexity index is 1340. The van der Waals surface area contributed by atoms with Crippen LogP contribution in [0.25, 0.3) is 21.8 Å². The molecule has 0 bridgehead atoms. The van der Waals surface area contributed by atoms with Gasteiger partial charge >= 0.3 is 0 Å². The number of nitrogens with one attached hydrogen (secondary N) is 3. The minimum atomic E-state index is -0.765. The predicted octanol–water partition coefficient (Wildman–Crippen LogP) is 3.51. The number of H-pyrrole nitrogens is 1. The van der Waals surface area contributed by atoms with E-state index in [1.165, 1.54) is 0 Å². The van der Waals surface area contributed by atoms with Gasteiger partial charge in [0.15, 0.2) is 11.5 Å². The molecular weight excluding hydrogens is 396 g/mol. The van der Waals surface area contributed by atoms with Crippen molar-refractivity contribution < 1.29 is 19.1 Å². The highest BCUT2D eigenvalue weighted by Crippen LogP contribution is 2.34. The number of pyridine rings is 1. The number of hydrogen-bond acceptors (Lipinski definition) is 5. The number of aromatic nitrogens is 2. The van der Waals surface area contributed by atoms with E-state index in [4.69, 9.17) is 9.47 Å². The number of amides is 2. The number of rotatable bonds is 4. The molecule has 4 aromatic rings. The summed E-state index contributed by atoms with van der Waals surface area (Å²) >= 11 is 0. The van der Waals surface area contributed by atoms with E-state index in [0.717, 1.165) is 27.5 Å². The molecule has 0 fully saturated rings. The van der Waals surface area contributed by atoms with E-state index in [1.54, 1.807) is 31.2 Å². The average Bonchev–Trinajstić information content (AvgIpc) is 3.38. The average molecular weight is 416 g/mol. The molecule has 0 aliphatic carbocycles. The Morgan fingerprint density at radius 1 is 1.06 bits per heavy atom. The summed E-state index contributed by atoms with van der Waals surface area (Å²) < 4.78 is 10.6. The molecule has 31 heavy (non-hydrogen) atoms. The van der Waals surface area contributed by atoms with Gasteiger partial charge in [-0.05, 0) is 38.1 Å². The van der Waals surface area contributed by atoms with Gasteiger partial charge in [0.05, 0.1) is 11.2 Å². The first-order valence-corrected chi connectivity index (χ1v) is 9.89. The number of aryl methyl sites for hydroxylation is 1. The molecule has 0 saturated carbocycles. The fourth-order valence-electron chi connectivity index (χ4n) is 3.68. The lowest BCUT2D eigenvalue weighted by Crippen LogP contribution is -2.41. The largest absolute Gasteiger partial charge is 0.454 e. The van der Waals surface area contributed by atoms with Gasteiger partial charge in [-0.1, -0.05) is 18.2 Å². The summed E-state index contributed by atoms with van der Waals surface area (Å²) in [7, 11) is 0. The van der Waals surface area contributed by atoms with Crippen molar-refractivity contribution in [3.8, 4) is 11.5 Å². The molecule has 2 amide bonds. The number of nitrogens with zero attached hydrogens (tertiary/aromatic N) is 1. The highest BCUT2D eigenvalue weighted by Gasteiger charge is 2.20. The van der Waals surface area contributed by atoms with Crippen molar-refractivity contribution in [3.05, 3.63) is 59.9 Å². The minimum absolute atomic E-state index is 0.159. The van der Waals surface area contributed by atoms with Crippen LogP contribution in [0.4, 0.5) is 5.69 Å². The van der Waals surface area contributed by atoms with E-state index in [2.05, 4.69) is 20.6 Å². The van der Waals surface area contributed by atoms with Crippen molar-refractivity contribution in [2.75, 3.05) is 12.1 Å². The molecule has 8 nitrogen and oxygen atoms in total. The molecule has 5 rings (SSSR count). The van der Waals surface area contributed by atoms with E-state index >= 15 is 0 Å². The first-order valence-electron chi connectivity index (χ1n) is 9.89. The zero-order valence-electron chi connectivity index (χ0n) is 17.0. The number of ether oxygens (including phenoxy) is 2. The van der Waals surface area contributed by atoms with Crippen LogP contribution < -0.4 is 20.1 Å². The molecule has 8 heteroatoms. The van der Waals surface area contributed by atoms with Gasteiger partial charge in [-0.15, -0.1) is 0 Å². The fourth-order valence-corrected chi connectivity index (χ4v) is 3.68. The van der Waals surface area contributed by atoms with Crippen molar-refractivity contribution in [2.45, 2.75) is 19.9 Å². The molecule has 1 unspecified atom stereocenters. The van der Waals surface area contributed by atoms with Gasteiger partial charge in [0.1, 0.15) is 11.7 Å². The monoisotopic (exact) mass is 416 g/mol. The lowest BCUT2D eigenvalue weighted by Gasteiger charge is -2.14. The second kappa shape index (κ2) is 7.32. The molecular formula is C23H20N4O4. The van der Waals surface area contributed by atoms with Crippen molar-refractivity contribution >= 4 is 39.3 Å². The number of carbonyl (C=O) groups excluding carboxylic acids is 2. The summed E-state index contributed by atoms with van der Waals surface area (Å²) in [4.78, 5) is 33.2. The van der Waals surface area contributed by atoms with Crippen LogP contribution in [0, 0.1) is 6.92 Å². The summed E-state index contributed by atoms with van der Waals surface area (Å²) in [6.07, 6.45) is 0. The van der Waals surface area contributed by atoms with Crippen LogP contribution in [-0.2, 0) is 4.79 Å². The Balaban J connectivity index is 1.33. The Hall–Kier alpha value is -4.07. The summed E-state index contributed by atoms with van der Waals surface area (Å²) in [5.74, 6) is 0.440. The number of hydrogen-bond donors (Lipinski definition) is 3. The van der Waals surface area contributed by atoms with Crippen LogP contribution in [0.2, 0.25) is 0 Å². The van der Waals surface area contributed by atoms with E-state index in [0.29, 0.717) is 17.2 Å². The van der Waals surface area contributed by atoms with Crippen LogP contribution in [-0.4, -0.2) is 34.6 Å². The second-order valence-corrected chi connectivity index (χ2v) is 7.44. The number of fused-ring (bicyclic) bond motifs is 4. The second-order valence-electron chi connectivity index (χ2n) is 7.44. The molecule has 1 aliphatic heterocycles. The summed E-state index contributed by atoms with van der Waals surface area (Å²) in [5.41, 5.74) is 3.42. The normalized spacial score (nSPS) is 13.4. The van der Waals surface area contributed by atoms with Gasteiger partial charge < -0.3 is 25.1 Å². The molecule has 2 aromatic carbocycles. The van der Waals surface area contributed by atoms with Crippen LogP contribution in [0.5, 0.6) is 11.5 Å². The summed E-state index contributed by atoms with van der Waals surface area (Å²) in [6, 6.07) is 14.0. The number of anilines is 1. The standard InChI is InChI=1S/C23H20N4O4/c1-12-21-16(15-5-3-4-6-17(15)27-21)10-18(24-12)23(29)25-13(2)22(28)26-14-7-8-19-20(9-14)31-11-30-19/h3-10,13,27H,11H2,1-2H3,(H,25,29)(H,26,28). The topological polar surface area (TPSA) is 105 Å². The molecule has 3 N–H and O–H groups in total. The maximum Gasteiger partial charge on any atom is 0.270 e. The first kappa shape index (κ1) is 18.9. The molecule has 2 aromatic heterocycles. The molecule has 3 heterocycles. The van der Waals surface area contributed by atoms with Gasteiger partial charge in [-0.2, -0.15) is 0 Å². The smallest absolute Gasteiger partial charge is 0.270 e. The van der Waals surface area contributed by atoms with E-state index in [1.807, 2.05) is 31.2 Å².